The summed E-state index contributed by atoms with van der Waals surface area (Å²) in [7, 11) is 0. The molecule has 18 heavy (non-hydrogen) atoms. The SMILES string of the molecule is CCCC(F)CCCSC(C(=O)OCC)C(C)C. The quantitative estimate of drug-likeness (QED) is 0.442. The fourth-order valence-corrected chi connectivity index (χ4v) is 2.91. The summed E-state index contributed by atoms with van der Waals surface area (Å²) in [4.78, 5) is 11.7. The molecule has 108 valence electrons. The van der Waals surface area contributed by atoms with Gasteiger partial charge in [-0.15, -0.1) is 11.8 Å². The maximum atomic E-state index is 13.3. The van der Waals surface area contributed by atoms with E-state index >= 15 is 0 Å². The summed E-state index contributed by atoms with van der Waals surface area (Å²) in [6.07, 6.45) is 2.29. The maximum Gasteiger partial charge on any atom is 0.319 e. The van der Waals surface area contributed by atoms with Gasteiger partial charge in [-0.05, 0) is 37.9 Å². The largest absolute Gasteiger partial charge is 0.465 e. The van der Waals surface area contributed by atoms with Gasteiger partial charge >= 0.3 is 5.97 Å². The summed E-state index contributed by atoms with van der Waals surface area (Å²) in [5.74, 6) is 0.944. The van der Waals surface area contributed by atoms with E-state index < -0.39 is 6.17 Å². The number of alkyl halides is 1. The molecule has 0 amide bonds. The summed E-state index contributed by atoms with van der Waals surface area (Å²) < 4.78 is 18.3. The second kappa shape index (κ2) is 10.7. The molecule has 0 spiro atoms. The van der Waals surface area contributed by atoms with Crippen molar-refractivity contribution in [2.45, 2.75) is 64.8 Å². The first-order valence-corrected chi connectivity index (χ1v) is 8.00. The van der Waals surface area contributed by atoms with E-state index in [1.807, 2.05) is 27.7 Å². The summed E-state index contributed by atoms with van der Waals surface area (Å²) in [6.45, 7) is 8.27. The first-order valence-electron chi connectivity index (χ1n) is 6.95. The normalized spacial score (nSPS) is 14.6. The zero-order chi connectivity index (χ0) is 14.0. The van der Waals surface area contributed by atoms with E-state index in [2.05, 4.69) is 0 Å². The summed E-state index contributed by atoms with van der Waals surface area (Å²) in [5.41, 5.74) is 0. The van der Waals surface area contributed by atoms with Gasteiger partial charge in [0.15, 0.2) is 0 Å². The Morgan fingerprint density at radius 1 is 1.28 bits per heavy atom. The van der Waals surface area contributed by atoms with Crippen LogP contribution in [0.15, 0.2) is 0 Å². The number of carbonyl (C=O) groups excluding carboxylic acids is 1. The highest BCUT2D eigenvalue weighted by molar-refractivity contribution is 8.00. The number of halogens is 1. The minimum absolute atomic E-state index is 0.116. The Hall–Kier alpha value is -0.250. The molecular weight excluding hydrogens is 251 g/mol. The Morgan fingerprint density at radius 3 is 2.44 bits per heavy atom. The molecule has 0 aromatic heterocycles. The minimum Gasteiger partial charge on any atom is -0.465 e. The van der Waals surface area contributed by atoms with E-state index in [0.29, 0.717) is 19.4 Å². The molecule has 0 saturated heterocycles. The molecule has 0 aliphatic carbocycles. The van der Waals surface area contributed by atoms with Crippen molar-refractivity contribution >= 4 is 17.7 Å². The van der Waals surface area contributed by atoms with Crippen LogP contribution >= 0.6 is 11.8 Å². The van der Waals surface area contributed by atoms with E-state index in [9.17, 15) is 9.18 Å². The van der Waals surface area contributed by atoms with Gasteiger partial charge in [-0.2, -0.15) is 0 Å². The topological polar surface area (TPSA) is 26.3 Å². The summed E-state index contributed by atoms with van der Waals surface area (Å²) >= 11 is 1.60. The highest BCUT2D eigenvalue weighted by Crippen LogP contribution is 2.23. The van der Waals surface area contributed by atoms with Gasteiger partial charge in [-0.1, -0.05) is 27.2 Å². The van der Waals surface area contributed by atoms with Gasteiger partial charge in [0.05, 0.1) is 6.61 Å². The molecular formula is C14H27FO2S. The Morgan fingerprint density at radius 2 is 1.94 bits per heavy atom. The van der Waals surface area contributed by atoms with E-state index in [0.717, 1.165) is 18.6 Å². The van der Waals surface area contributed by atoms with Crippen LogP contribution in [0.3, 0.4) is 0 Å². The van der Waals surface area contributed by atoms with Gasteiger partial charge in [0, 0.05) is 0 Å². The molecule has 0 bridgehead atoms. The lowest BCUT2D eigenvalue weighted by Crippen LogP contribution is -2.26. The molecule has 0 aliphatic heterocycles. The lowest BCUT2D eigenvalue weighted by molar-refractivity contribution is -0.143. The van der Waals surface area contributed by atoms with Gasteiger partial charge in [0.1, 0.15) is 11.4 Å². The molecule has 0 radical (unpaired) electrons. The maximum absolute atomic E-state index is 13.3. The minimum atomic E-state index is -0.685. The van der Waals surface area contributed by atoms with Crippen molar-refractivity contribution in [1.82, 2.24) is 0 Å². The molecule has 0 heterocycles. The van der Waals surface area contributed by atoms with Crippen molar-refractivity contribution in [1.29, 1.82) is 0 Å². The van der Waals surface area contributed by atoms with Crippen molar-refractivity contribution in [2.24, 2.45) is 5.92 Å². The van der Waals surface area contributed by atoms with Crippen LogP contribution in [-0.4, -0.2) is 29.8 Å². The van der Waals surface area contributed by atoms with Crippen molar-refractivity contribution < 1.29 is 13.9 Å². The molecule has 0 fully saturated rings. The third kappa shape index (κ3) is 7.96. The van der Waals surface area contributed by atoms with Gasteiger partial charge in [0.2, 0.25) is 0 Å². The average Bonchev–Trinajstić information content (AvgIpc) is 2.28. The van der Waals surface area contributed by atoms with Crippen LogP contribution < -0.4 is 0 Å². The number of hydrogen-bond acceptors (Lipinski definition) is 3. The van der Waals surface area contributed by atoms with E-state index in [1.165, 1.54) is 0 Å². The van der Waals surface area contributed by atoms with Crippen LogP contribution in [-0.2, 0) is 9.53 Å². The van der Waals surface area contributed by atoms with Crippen LogP contribution in [0, 0.1) is 5.92 Å². The first kappa shape index (κ1) is 17.8. The Bertz CT molecular complexity index is 222. The zero-order valence-corrected chi connectivity index (χ0v) is 12.9. The second-order valence-corrected chi connectivity index (χ2v) is 6.07. The standard InChI is InChI=1S/C14H27FO2S/c1-5-8-12(15)9-7-10-18-13(11(3)4)14(16)17-6-2/h11-13H,5-10H2,1-4H3. The molecule has 0 aromatic rings. The zero-order valence-electron chi connectivity index (χ0n) is 12.1. The van der Waals surface area contributed by atoms with Crippen LogP contribution in [0.1, 0.15) is 53.4 Å². The number of ether oxygens (including phenoxy) is 1. The third-order valence-electron chi connectivity index (χ3n) is 2.69. The Balaban J connectivity index is 3.87. The molecule has 2 unspecified atom stereocenters. The predicted molar refractivity (Wildman–Crippen MR) is 76.8 cm³/mol. The van der Waals surface area contributed by atoms with Gasteiger partial charge in [-0.3, -0.25) is 4.79 Å². The number of esters is 1. The fraction of sp³-hybridized carbons (Fsp3) is 0.929. The monoisotopic (exact) mass is 278 g/mol. The first-order chi connectivity index (χ1) is 8.52. The van der Waals surface area contributed by atoms with Crippen molar-refractivity contribution in [3.8, 4) is 0 Å². The number of carbonyl (C=O) groups is 1. The fourth-order valence-electron chi connectivity index (χ4n) is 1.73. The molecule has 0 rings (SSSR count). The molecule has 0 N–H and O–H groups in total. The predicted octanol–water partition coefficient (Wildman–Crippen LogP) is 4.23. The molecule has 0 aliphatic rings. The Labute approximate surface area is 115 Å². The average molecular weight is 278 g/mol. The lowest BCUT2D eigenvalue weighted by atomic mass is 10.1. The van der Waals surface area contributed by atoms with Gasteiger partial charge in [-0.25, -0.2) is 4.39 Å². The smallest absolute Gasteiger partial charge is 0.319 e. The van der Waals surface area contributed by atoms with Crippen LogP contribution in [0.4, 0.5) is 4.39 Å². The van der Waals surface area contributed by atoms with Crippen molar-refractivity contribution in [2.75, 3.05) is 12.4 Å². The van der Waals surface area contributed by atoms with Gasteiger partial charge in [0.25, 0.3) is 0 Å². The van der Waals surface area contributed by atoms with Gasteiger partial charge < -0.3 is 4.74 Å². The molecule has 4 heteroatoms. The molecule has 2 atom stereocenters. The van der Waals surface area contributed by atoms with E-state index in [-0.39, 0.29) is 17.1 Å². The second-order valence-electron chi connectivity index (χ2n) is 4.82. The molecule has 2 nitrogen and oxygen atoms in total. The number of hydrogen-bond donors (Lipinski definition) is 0. The van der Waals surface area contributed by atoms with Crippen LogP contribution in [0.2, 0.25) is 0 Å². The van der Waals surface area contributed by atoms with Crippen LogP contribution in [0.5, 0.6) is 0 Å². The highest BCUT2D eigenvalue weighted by atomic mass is 32.2. The third-order valence-corrected chi connectivity index (χ3v) is 4.31. The van der Waals surface area contributed by atoms with Crippen molar-refractivity contribution in [3.63, 3.8) is 0 Å². The van der Waals surface area contributed by atoms with E-state index in [1.54, 1.807) is 11.8 Å². The lowest BCUT2D eigenvalue weighted by Gasteiger charge is -2.18. The highest BCUT2D eigenvalue weighted by Gasteiger charge is 2.23. The summed E-state index contributed by atoms with van der Waals surface area (Å²) in [6, 6.07) is 0. The molecule has 0 aromatic carbocycles. The number of thioether (sulfide) groups is 1. The number of rotatable bonds is 10. The molecule has 0 saturated carbocycles. The van der Waals surface area contributed by atoms with Crippen LogP contribution in [0.25, 0.3) is 0 Å². The Kier molecular flexibility index (Phi) is 10.5. The summed E-state index contributed by atoms with van der Waals surface area (Å²) in [5, 5.41) is -0.116. The van der Waals surface area contributed by atoms with Crippen molar-refractivity contribution in [3.05, 3.63) is 0 Å². The van der Waals surface area contributed by atoms with E-state index in [4.69, 9.17) is 4.74 Å².